The van der Waals surface area contributed by atoms with E-state index in [1.807, 2.05) is 22.9 Å². The van der Waals surface area contributed by atoms with Crippen molar-refractivity contribution in [1.29, 1.82) is 0 Å². The Morgan fingerprint density at radius 3 is 2.56 bits per heavy atom. The third-order valence-electron chi connectivity index (χ3n) is 7.80. The molecule has 0 saturated carbocycles. The predicted molar refractivity (Wildman–Crippen MR) is 159 cm³/mol. The van der Waals surface area contributed by atoms with Crippen molar-refractivity contribution in [2.45, 2.75) is 31.6 Å². The molecule has 1 amide bonds. The summed E-state index contributed by atoms with van der Waals surface area (Å²) in [5, 5.41) is 8.01. The largest absolute Gasteiger partial charge is 0.495 e. The fraction of sp³-hybridized carbons (Fsp3) is 0.258. The number of fused-ring (bicyclic) bond motifs is 1. The average molecular weight is 621 g/mol. The summed E-state index contributed by atoms with van der Waals surface area (Å²) in [6.45, 7) is 2.46. The van der Waals surface area contributed by atoms with E-state index in [-0.39, 0.29) is 29.4 Å². The molecule has 0 unspecified atom stereocenters. The zero-order valence-corrected chi connectivity index (χ0v) is 24.1. The van der Waals surface area contributed by atoms with Crippen LogP contribution in [-0.2, 0) is 12.7 Å². The highest BCUT2D eigenvalue weighted by Gasteiger charge is 2.32. The highest BCUT2D eigenvalue weighted by Crippen LogP contribution is 2.38. The summed E-state index contributed by atoms with van der Waals surface area (Å²) in [6, 6.07) is 12.5. The number of hydrogen-bond acceptors (Lipinski definition) is 8. The second kappa shape index (κ2) is 12.1. The molecule has 1 aliphatic heterocycles. The first kappa shape index (κ1) is 29.9. The van der Waals surface area contributed by atoms with Gasteiger partial charge >= 0.3 is 6.18 Å². The molecule has 0 aliphatic carbocycles. The number of carbonyl (C=O) groups excluding carboxylic acids is 1. The van der Waals surface area contributed by atoms with Crippen molar-refractivity contribution >= 4 is 28.4 Å². The second-order valence-corrected chi connectivity index (χ2v) is 10.6. The van der Waals surface area contributed by atoms with Crippen molar-refractivity contribution in [3.8, 4) is 17.0 Å². The zero-order chi connectivity index (χ0) is 31.7. The molecule has 1 fully saturated rings. The Labute approximate surface area is 254 Å². The molecule has 5 aromatic rings. The first-order valence-electron chi connectivity index (χ1n) is 14.1. The lowest BCUT2D eigenvalue weighted by Crippen LogP contribution is -2.34. The normalized spacial score (nSPS) is 14.5. The van der Waals surface area contributed by atoms with Crippen molar-refractivity contribution in [3.05, 3.63) is 89.8 Å². The van der Waals surface area contributed by atoms with Gasteiger partial charge in [0, 0.05) is 31.4 Å². The molecule has 10 nitrogen and oxygen atoms in total. The number of anilines is 2. The second-order valence-electron chi connectivity index (χ2n) is 10.6. The highest BCUT2D eigenvalue weighted by atomic mass is 19.4. The van der Waals surface area contributed by atoms with Gasteiger partial charge in [-0.2, -0.15) is 18.3 Å². The van der Waals surface area contributed by atoms with Crippen LogP contribution < -0.4 is 15.8 Å². The van der Waals surface area contributed by atoms with E-state index < -0.39 is 29.0 Å². The maximum Gasteiger partial charge on any atom is 0.416 e. The number of nitrogens with zero attached hydrogens (tertiary/aromatic N) is 6. The number of nitrogens with one attached hydrogen (secondary N) is 1. The van der Waals surface area contributed by atoms with Crippen LogP contribution >= 0.6 is 0 Å². The Morgan fingerprint density at radius 1 is 1.07 bits per heavy atom. The minimum Gasteiger partial charge on any atom is -0.495 e. The number of piperidine rings is 1. The quantitative estimate of drug-likeness (QED) is 0.221. The molecule has 0 spiro atoms. The van der Waals surface area contributed by atoms with Crippen LogP contribution in [0.25, 0.3) is 22.3 Å². The van der Waals surface area contributed by atoms with Gasteiger partial charge in [0.2, 0.25) is 0 Å². The third kappa shape index (κ3) is 6.13. The summed E-state index contributed by atoms with van der Waals surface area (Å²) in [5.74, 6) is -1.76. The summed E-state index contributed by atoms with van der Waals surface area (Å²) in [4.78, 5) is 28.3. The van der Waals surface area contributed by atoms with Crippen LogP contribution in [0.15, 0.2) is 67.1 Å². The molecule has 3 N–H and O–H groups in total. The molecule has 3 aromatic heterocycles. The Bertz CT molecular complexity index is 1850. The summed E-state index contributed by atoms with van der Waals surface area (Å²) in [7, 11) is 1.39. The van der Waals surface area contributed by atoms with Gasteiger partial charge in [0.25, 0.3) is 5.91 Å². The lowest BCUT2D eigenvalue weighted by atomic mass is 10.0. The van der Waals surface area contributed by atoms with E-state index in [9.17, 15) is 22.4 Å². The van der Waals surface area contributed by atoms with Crippen molar-refractivity contribution in [2.75, 3.05) is 31.2 Å². The summed E-state index contributed by atoms with van der Waals surface area (Å²) in [5.41, 5.74) is 7.48. The molecule has 45 heavy (non-hydrogen) atoms. The number of amides is 1. The molecule has 6 rings (SSSR count). The Kier molecular flexibility index (Phi) is 8.06. The van der Waals surface area contributed by atoms with Crippen LogP contribution in [0.4, 0.5) is 29.1 Å². The predicted octanol–water partition coefficient (Wildman–Crippen LogP) is 5.73. The number of likely N-dealkylation sites (tertiary alicyclic amines) is 1. The van der Waals surface area contributed by atoms with Crippen molar-refractivity contribution in [2.24, 2.45) is 0 Å². The van der Waals surface area contributed by atoms with E-state index in [1.54, 1.807) is 18.3 Å². The number of carbonyl (C=O) groups is 1. The van der Waals surface area contributed by atoms with Gasteiger partial charge in [0.15, 0.2) is 5.65 Å². The van der Waals surface area contributed by atoms with Crippen molar-refractivity contribution in [1.82, 2.24) is 29.6 Å². The number of rotatable bonds is 7. The number of nitrogens with two attached hydrogens (primary N) is 1. The molecule has 4 heterocycles. The van der Waals surface area contributed by atoms with Crippen LogP contribution in [0.1, 0.15) is 40.5 Å². The Hall–Kier alpha value is -5.11. The summed E-state index contributed by atoms with van der Waals surface area (Å²) < 4.78 is 60.6. The summed E-state index contributed by atoms with van der Waals surface area (Å²) >= 11 is 0. The number of ether oxygens (including phenoxy) is 1. The maximum absolute atomic E-state index is 14.4. The van der Waals surface area contributed by atoms with Gasteiger partial charge in [-0.3, -0.25) is 14.7 Å². The van der Waals surface area contributed by atoms with Crippen molar-refractivity contribution < 1.29 is 27.1 Å². The number of alkyl halides is 3. The average Bonchev–Trinajstić information content (AvgIpc) is 3.42. The maximum atomic E-state index is 14.4. The molecule has 1 aliphatic rings. The molecule has 0 atom stereocenters. The molecule has 1 saturated heterocycles. The summed E-state index contributed by atoms with van der Waals surface area (Å²) in [6.07, 6.45) is 0.120. The molecule has 2 aromatic carbocycles. The number of halogens is 4. The zero-order valence-electron chi connectivity index (χ0n) is 24.1. The molecular formula is C31H28F4N8O2. The highest BCUT2D eigenvalue weighted by molar-refractivity contribution is 6.06. The fourth-order valence-corrected chi connectivity index (χ4v) is 5.50. The molecular weight excluding hydrogens is 592 g/mol. The van der Waals surface area contributed by atoms with Crippen LogP contribution in [-0.4, -0.2) is 55.7 Å². The number of benzene rings is 2. The van der Waals surface area contributed by atoms with Gasteiger partial charge in [-0.15, -0.1) is 0 Å². The number of pyridine rings is 1. The number of hydrogen-bond donors (Lipinski definition) is 2. The lowest BCUT2D eigenvalue weighted by molar-refractivity contribution is -0.137. The first-order valence-corrected chi connectivity index (χ1v) is 14.1. The van der Waals surface area contributed by atoms with Crippen LogP contribution in [0.3, 0.4) is 0 Å². The molecule has 0 radical (unpaired) electrons. The van der Waals surface area contributed by atoms with Crippen LogP contribution in [0.2, 0.25) is 0 Å². The Balaban J connectivity index is 1.25. The van der Waals surface area contributed by atoms with Gasteiger partial charge in [-0.1, -0.05) is 12.1 Å². The van der Waals surface area contributed by atoms with Crippen LogP contribution in [0, 0.1) is 5.82 Å². The Morgan fingerprint density at radius 2 is 1.87 bits per heavy atom. The van der Waals surface area contributed by atoms with E-state index in [1.165, 1.54) is 19.5 Å². The number of nitrogen functional groups attached to an aromatic ring is 1. The standard InChI is InChI=1S/C31H28F4N8O2/c1-45-25-14-18(5-8-24(25)40-30(44)22-7-6-19(15-23(22)32)31(33,34)35)27-26-28(36)38-17-39-29(26)43(41-27)21-9-12-42(13-10-21)16-20-4-2-3-11-37-20/h2-8,11,14-15,17,21H,9-10,12-13,16H2,1H3,(H,40,44)(H2,36,38,39). The molecule has 0 bridgehead atoms. The van der Waals surface area contributed by atoms with E-state index in [0.717, 1.165) is 44.2 Å². The molecule has 14 heteroatoms. The number of methoxy groups -OCH3 is 1. The van der Waals surface area contributed by atoms with Gasteiger partial charge < -0.3 is 15.8 Å². The SMILES string of the molecule is COc1cc(-c2nn(C3CCN(Cc4ccccn4)CC3)c3ncnc(N)c23)ccc1NC(=O)c1ccc(C(F)(F)F)cc1F. The fourth-order valence-electron chi connectivity index (χ4n) is 5.50. The van der Waals surface area contributed by atoms with E-state index in [2.05, 4.69) is 25.2 Å². The minimum atomic E-state index is -4.74. The third-order valence-corrected chi connectivity index (χ3v) is 7.80. The van der Waals surface area contributed by atoms with Gasteiger partial charge in [-0.25, -0.2) is 19.0 Å². The molecule has 232 valence electrons. The van der Waals surface area contributed by atoms with E-state index >= 15 is 0 Å². The first-order chi connectivity index (χ1) is 21.6. The minimum absolute atomic E-state index is 0.0645. The van der Waals surface area contributed by atoms with Gasteiger partial charge in [0.1, 0.15) is 29.4 Å². The van der Waals surface area contributed by atoms with Gasteiger partial charge in [-0.05, 0) is 55.3 Å². The van der Waals surface area contributed by atoms with Crippen molar-refractivity contribution in [3.63, 3.8) is 0 Å². The van der Waals surface area contributed by atoms with Gasteiger partial charge in [0.05, 0.1) is 41.0 Å². The number of aromatic nitrogens is 5. The van der Waals surface area contributed by atoms with E-state index in [4.69, 9.17) is 15.6 Å². The topological polar surface area (TPSA) is 124 Å². The monoisotopic (exact) mass is 620 g/mol. The lowest BCUT2D eigenvalue weighted by Gasteiger charge is -2.31. The van der Waals surface area contributed by atoms with E-state index in [0.29, 0.717) is 28.4 Å². The smallest absolute Gasteiger partial charge is 0.416 e. The van der Waals surface area contributed by atoms with Crippen LogP contribution in [0.5, 0.6) is 5.75 Å².